The van der Waals surface area contributed by atoms with E-state index in [1.807, 2.05) is 30.3 Å². The lowest BCUT2D eigenvalue weighted by molar-refractivity contribution is 0.0524. The van der Waals surface area contributed by atoms with E-state index in [2.05, 4.69) is 20.6 Å². The molecule has 1 N–H and O–H groups in total. The number of ether oxygens (including phenoxy) is 1. The monoisotopic (exact) mass is 533 g/mol. The quantitative estimate of drug-likeness (QED) is 0.274. The van der Waals surface area contributed by atoms with Crippen molar-refractivity contribution in [2.24, 2.45) is 5.10 Å². The third-order valence-electron chi connectivity index (χ3n) is 4.42. The summed E-state index contributed by atoms with van der Waals surface area (Å²) in [6.07, 6.45) is 0. The Bertz CT molecular complexity index is 1430. The molecule has 2 aromatic heterocycles. The number of amides is 1. The van der Waals surface area contributed by atoms with Crippen molar-refractivity contribution < 1.29 is 14.3 Å². The molecule has 0 aliphatic heterocycles. The van der Waals surface area contributed by atoms with E-state index in [1.54, 1.807) is 32.0 Å². The molecule has 0 saturated carbocycles. The maximum atomic E-state index is 12.9. The first-order valence-electron chi connectivity index (χ1n) is 9.97. The van der Waals surface area contributed by atoms with Gasteiger partial charge in [-0.1, -0.05) is 64.9 Å². The highest BCUT2D eigenvalue weighted by molar-refractivity contribution is 7.17. The smallest absolute Gasteiger partial charge is 0.369 e. The predicted molar refractivity (Wildman–Crippen MR) is 133 cm³/mol. The molecular formula is C22H17Cl2N5O3S2. The van der Waals surface area contributed by atoms with Gasteiger partial charge in [-0.3, -0.25) is 4.79 Å². The Balaban J connectivity index is 1.69. The van der Waals surface area contributed by atoms with E-state index in [0.29, 0.717) is 26.3 Å². The van der Waals surface area contributed by atoms with Crippen LogP contribution in [0.1, 0.15) is 32.1 Å². The van der Waals surface area contributed by atoms with Gasteiger partial charge in [0.05, 0.1) is 23.0 Å². The van der Waals surface area contributed by atoms with Crippen LogP contribution in [0.2, 0.25) is 10.0 Å². The molecule has 8 nitrogen and oxygen atoms in total. The number of aryl methyl sites for hydroxylation is 1. The van der Waals surface area contributed by atoms with E-state index in [1.165, 1.54) is 16.0 Å². The number of carbonyl (C=O) groups is 2. The highest BCUT2D eigenvalue weighted by Gasteiger charge is 2.19. The molecule has 0 aliphatic rings. The summed E-state index contributed by atoms with van der Waals surface area (Å²) in [7, 11) is 0. The largest absolute Gasteiger partial charge is 0.461 e. The first kappa shape index (κ1) is 24.1. The number of hydrogen-bond acceptors (Lipinski definition) is 8. The van der Waals surface area contributed by atoms with Crippen LogP contribution in [0.4, 0.5) is 0 Å². The summed E-state index contributed by atoms with van der Waals surface area (Å²) < 4.78 is 6.39. The van der Waals surface area contributed by atoms with Gasteiger partial charge in [0.15, 0.2) is 0 Å². The second kappa shape index (κ2) is 10.5. The van der Waals surface area contributed by atoms with Gasteiger partial charge in [0.2, 0.25) is 9.81 Å². The molecule has 0 atom stereocenters. The molecule has 0 unspecified atom stereocenters. The summed E-state index contributed by atoms with van der Waals surface area (Å²) in [5, 5.41) is 10.0. The number of rotatable bonds is 6. The van der Waals surface area contributed by atoms with Crippen LogP contribution in [-0.4, -0.2) is 33.2 Å². The van der Waals surface area contributed by atoms with E-state index in [-0.39, 0.29) is 16.4 Å². The summed E-state index contributed by atoms with van der Waals surface area (Å²) in [6, 6.07) is 14.4. The Morgan fingerprint density at radius 3 is 2.62 bits per heavy atom. The van der Waals surface area contributed by atoms with Crippen molar-refractivity contribution >= 4 is 57.8 Å². The van der Waals surface area contributed by atoms with Gasteiger partial charge in [-0.25, -0.2) is 19.9 Å². The van der Waals surface area contributed by atoms with Gasteiger partial charge in [0.1, 0.15) is 9.88 Å². The third kappa shape index (κ3) is 5.20. The molecule has 4 rings (SSSR count). The van der Waals surface area contributed by atoms with Crippen LogP contribution in [0.5, 0.6) is 0 Å². The van der Waals surface area contributed by atoms with Crippen molar-refractivity contribution in [3.8, 4) is 16.3 Å². The molecule has 0 spiro atoms. The lowest BCUT2D eigenvalue weighted by atomic mass is 10.2. The number of thiazole rings is 1. The molecule has 0 radical (unpaired) electrons. The number of aromatic nitrogens is 3. The van der Waals surface area contributed by atoms with Crippen molar-refractivity contribution in [3.05, 3.63) is 79.0 Å². The van der Waals surface area contributed by atoms with Crippen LogP contribution >= 0.6 is 45.9 Å². The second-order valence-electron chi connectivity index (χ2n) is 6.77. The molecule has 1 amide bonds. The third-order valence-corrected chi connectivity index (χ3v) is 7.06. The van der Waals surface area contributed by atoms with Gasteiger partial charge < -0.3 is 4.74 Å². The Labute approximate surface area is 212 Å². The number of benzene rings is 2. The predicted octanol–water partition coefficient (Wildman–Crippen LogP) is 5.09. The number of hydrogen-bond donors (Lipinski definition) is 1. The minimum absolute atomic E-state index is 0.0567. The molecule has 0 bridgehead atoms. The number of nitrogens with zero attached hydrogens (tertiary/aromatic N) is 4. The van der Waals surface area contributed by atoms with Crippen LogP contribution in [-0.2, 0) is 4.74 Å². The summed E-state index contributed by atoms with van der Waals surface area (Å²) in [6.45, 7) is 3.65. The summed E-state index contributed by atoms with van der Waals surface area (Å²) in [5.41, 5.74) is 4.47. The summed E-state index contributed by atoms with van der Waals surface area (Å²) >= 11 is 14.6. The van der Waals surface area contributed by atoms with Crippen molar-refractivity contribution in [1.29, 1.82) is 0 Å². The van der Waals surface area contributed by atoms with E-state index >= 15 is 0 Å². The molecule has 4 aromatic rings. The average molecular weight is 534 g/mol. The molecule has 2 aromatic carbocycles. The zero-order valence-corrected chi connectivity index (χ0v) is 21.1. The fourth-order valence-corrected chi connectivity index (χ4v) is 5.10. The van der Waals surface area contributed by atoms with E-state index < -0.39 is 11.9 Å². The Hall–Kier alpha value is -3.05. The van der Waals surface area contributed by atoms with Crippen LogP contribution < -0.4 is 10.2 Å². The van der Waals surface area contributed by atoms with E-state index in [0.717, 1.165) is 21.9 Å². The molecule has 12 heteroatoms. The SMILES string of the molecule is CCOC(=O)c1nn(-c2ccc(Cl)cc2Cl)/c(=N/NC(=O)c2sc(-c3ccccc3)nc2C)s1. The molecule has 0 aliphatic carbocycles. The number of halogens is 2. The molecule has 174 valence electrons. The van der Waals surface area contributed by atoms with E-state index in [4.69, 9.17) is 27.9 Å². The Morgan fingerprint density at radius 2 is 1.91 bits per heavy atom. The van der Waals surface area contributed by atoms with Gasteiger partial charge in [-0.2, -0.15) is 0 Å². The van der Waals surface area contributed by atoms with Gasteiger partial charge in [0.25, 0.3) is 5.91 Å². The highest BCUT2D eigenvalue weighted by atomic mass is 35.5. The van der Waals surface area contributed by atoms with Gasteiger partial charge in [-0.15, -0.1) is 21.5 Å². The maximum absolute atomic E-state index is 12.9. The lowest BCUT2D eigenvalue weighted by Crippen LogP contribution is -2.24. The maximum Gasteiger partial charge on any atom is 0.369 e. The number of esters is 1. The minimum atomic E-state index is -0.607. The van der Waals surface area contributed by atoms with Gasteiger partial charge >= 0.3 is 5.97 Å². The average Bonchev–Trinajstić information content (AvgIpc) is 3.42. The van der Waals surface area contributed by atoms with Crippen molar-refractivity contribution in [2.45, 2.75) is 13.8 Å². The topological polar surface area (TPSA) is 98.5 Å². The van der Waals surface area contributed by atoms with Crippen LogP contribution in [0, 0.1) is 6.92 Å². The summed E-state index contributed by atoms with van der Waals surface area (Å²) in [5.74, 6) is -1.04. The second-order valence-corrected chi connectivity index (χ2v) is 9.57. The Morgan fingerprint density at radius 1 is 1.15 bits per heavy atom. The zero-order valence-electron chi connectivity index (χ0n) is 17.9. The standard InChI is InChI=1S/C22H17Cl2N5O3S2/c1-3-32-21(31)20-28-29(16-10-9-14(23)11-15(16)24)22(34-20)27-26-18(30)17-12(2)25-19(33-17)13-7-5-4-6-8-13/h4-11H,3H2,1-2H3,(H,26,30)/b27-22-. The van der Waals surface area contributed by atoms with Crippen molar-refractivity contribution in [1.82, 2.24) is 20.2 Å². The van der Waals surface area contributed by atoms with Crippen molar-refractivity contribution in [3.63, 3.8) is 0 Å². The zero-order chi connectivity index (χ0) is 24.2. The van der Waals surface area contributed by atoms with Crippen LogP contribution in [0.3, 0.4) is 0 Å². The molecule has 34 heavy (non-hydrogen) atoms. The van der Waals surface area contributed by atoms with Crippen LogP contribution in [0.25, 0.3) is 16.3 Å². The van der Waals surface area contributed by atoms with Crippen molar-refractivity contribution in [2.75, 3.05) is 6.61 Å². The molecule has 0 fully saturated rings. The van der Waals surface area contributed by atoms with Gasteiger partial charge in [0, 0.05) is 10.6 Å². The normalized spacial score (nSPS) is 11.5. The van der Waals surface area contributed by atoms with Crippen LogP contribution in [0.15, 0.2) is 53.6 Å². The molecule has 2 heterocycles. The fraction of sp³-hybridized carbons (Fsp3) is 0.136. The van der Waals surface area contributed by atoms with E-state index in [9.17, 15) is 9.59 Å². The fourth-order valence-electron chi connectivity index (χ4n) is 2.90. The Kier molecular flexibility index (Phi) is 7.42. The highest BCUT2D eigenvalue weighted by Crippen LogP contribution is 2.28. The summed E-state index contributed by atoms with van der Waals surface area (Å²) in [4.78, 5) is 30.3. The number of carbonyl (C=O) groups excluding carboxylic acids is 2. The first-order valence-corrected chi connectivity index (χ1v) is 12.4. The lowest BCUT2D eigenvalue weighted by Gasteiger charge is -2.04. The first-order chi connectivity index (χ1) is 16.4. The number of nitrogens with one attached hydrogen (secondary N) is 1. The molecular weight excluding hydrogens is 517 g/mol. The minimum Gasteiger partial charge on any atom is -0.461 e. The van der Waals surface area contributed by atoms with Gasteiger partial charge in [-0.05, 0) is 32.0 Å². The molecule has 0 saturated heterocycles.